The number of carbonyl (C=O) groups excluding carboxylic acids is 1. The smallest absolute Gasteiger partial charge is 0.266 e. The fourth-order valence-corrected chi connectivity index (χ4v) is 3.50. The molecule has 0 aliphatic carbocycles. The van der Waals surface area contributed by atoms with Crippen molar-refractivity contribution in [2.45, 2.75) is 33.0 Å². The van der Waals surface area contributed by atoms with Crippen LogP contribution < -0.4 is 19.7 Å². The maximum atomic E-state index is 12.5. The van der Waals surface area contributed by atoms with Crippen LogP contribution in [0, 0.1) is 18.3 Å². The third kappa shape index (κ3) is 4.17. The molecule has 1 atom stereocenters. The number of nitrogens with zero attached hydrogens (tertiary/aromatic N) is 2. The van der Waals surface area contributed by atoms with E-state index in [0.29, 0.717) is 16.5 Å². The zero-order valence-electron chi connectivity index (χ0n) is 16.8. The van der Waals surface area contributed by atoms with Crippen LogP contribution >= 0.6 is 12.6 Å². The topological polar surface area (TPSA) is 74.6 Å². The molecule has 0 saturated heterocycles. The van der Waals surface area contributed by atoms with E-state index < -0.39 is 12.1 Å². The monoisotopic (exact) mass is 409 g/mol. The molecule has 29 heavy (non-hydrogen) atoms. The molecule has 1 N–H and O–H groups in total. The first-order chi connectivity index (χ1) is 13.8. The summed E-state index contributed by atoms with van der Waals surface area (Å²) in [5.41, 5.74) is 2.65. The quantitative estimate of drug-likeness (QED) is 0.728. The van der Waals surface area contributed by atoms with E-state index >= 15 is 0 Å². The predicted octanol–water partition coefficient (Wildman–Crippen LogP) is 4.09. The van der Waals surface area contributed by atoms with Gasteiger partial charge >= 0.3 is 0 Å². The lowest BCUT2D eigenvalue weighted by molar-refractivity contribution is -0.118. The average molecular weight is 410 g/mol. The van der Waals surface area contributed by atoms with E-state index in [1.807, 2.05) is 74.2 Å². The van der Waals surface area contributed by atoms with Crippen molar-refractivity contribution in [1.82, 2.24) is 5.32 Å². The Labute approximate surface area is 176 Å². The fraction of sp³-hybridized carbons (Fsp3) is 0.273. The Morgan fingerprint density at radius 3 is 2.45 bits per heavy atom. The van der Waals surface area contributed by atoms with Gasteiger partial charge < -0.3 is 19.7 Å². The number of hydrogen-bond acceptors (Lipinski definition) is 6. The summed E-state index contributed by atoms with van der Waals surface area (Å²) in [5.74, 6) is 0.715. The highest BCUT2D eigenvalue weighted by Crippen LogP contribution is 2.38. The van der Waals surface area contributed by atoms with Gasteiger partial charge in [0.15, 0.2) is 11.5 Å². The van der Waals surface area contributed by atoms with Gasteiger partial charge in [0, 0.05) is 5.69 Å². The minimum absolute atomic E-state index is 0.00152. The van der Waals surface area contributed by atoms with Crippen LogP contribution in [-0.2, 0) is 4.79 Å². The number of ether oxygens (including phenoxy) is 2. The molecule has 1 aliphatic rings. The summed E-state index contributed by atoms with van der Waals surface area (Å²) in [5, 5.41) is 12.6. The van der Waals surface area contributed by atoms with E-state index in [1.165, 1.54) is 0 Å². The number of carbonyl (C=O) groups is 1. The van der Waals surface area contributed by atoms with Gasteiger partial charge in [0.1, 0.15) is 17.8 Å². The number of amides is 1. The van der Waals surface area contributed by atoms with Gasteiger partial charge in [-0.25, -0.2) is 0 Å². The minimum Gasteiger partial charge on any atom is -0.493 e. The number of nitrogens with one attached hydrogen (secondary N) is 1. The molecule has 0 saturated carbocycles. The molecule has 0 radical (unpaired) electrons. The van der Waals surface area contributed by atoms with E-state index in [2.05, 4.69) is 17.9 Å². The predicted molar refractivity (Wildman–Crippen MR) is 115 cm³/mol. The van der Waals surface area contributed by atoms with Gasteiger partial charge in [-0.3, -0.25) is 4.79 Å². The van der Waals surface area contributed by atoms with Crippen molar-refractivity contribution in [3.8, 4) is 17.6 Å². The molecule has 2 aromatic carbocycles. The lowest BCUT2D eigenvalue weighted by Crippen LogP contribution is -2.46. The van der Waals surface area contributed by atoms with Crippen LogP contribution in [0.4, 0.5) is 5.69 Å². The van der Waals surface area contributed by atoms with Gasteiger partial charge in [0.25, 0.3) is 5.91 Å². The summed E-state index contributed by atoms with van der Waals surface area (Å²) in [6, 6.07) is 15.2. The molecular weight excluding hydrogens is 386 g/mol. The van der Waals surface area contributed by atoms with Gasteiger partial charge in [0.05, 0.1) is 18.2 Å². The van der Waals surface area contributed by atoms with Crippen molar-refractivity contribution in [3.63, 3.8) is 0 Å². The van der Waals surface area contributed by atoms with Crippen LogP contribution in [0.5, 0.6) is 11.5 Å². The molecule has 0 bridgehead atoms. The normalized spacial score (nSPS) is 16.5. The third-order valence-corrected chi connectivity index (χ3v) is 4.93. The molecule has 3 rings (SSSR count). The molecule has 150 valence electrons. The zero-order valence-corrected chi connectivity index (χ0v) is 17.7. The highest BCUT2D eigenvalue weighted by Gasteiger charge is 2.34. The van der Waals surface area contributed by atoms with Gasteiger partial charge in [-0.05, 0) is 50.6 Å². The summed E-state index contributed by atoms with van der Waals surface area (Å²) in [4.78, 5) is 14.3. The first kappa shape index (κ1) is 20.6. The zero-order chi connectivity index (χ0) is 21.1. The molecular formula is C22H23N3O3S. The standard InChI is InChI=1S/C22H23N3O3S/c1-13(2)28-18-10-7-15(11-19(18)27-4)20-24-21(26)17(12-23)22(29)25(20)16-8-5-14(3)6-9-16/h5-11,13,20,29H,1-4H3,(H,24,26)/t20-/m1/s1. The molecule has 0 unspecified atom stereocenters. The van der Waals surface area contributed by atoms with E-state index in [4.69, 9.17) is 9.47 Å². The largest absolute Gasteiger partial charge is 0.493 e. The number of nitriles is 1. The van der Waals surface area contributed by atoms with Crippen LogP contribution in [-0.4, -0.2) is 19.1 Å². The van der Waals surface area contributed by atoms with Crippen LogP contribution in [0.15, 0.2) is 53.1 Å². The first-order valence-corrected chi connectivity index (χ1v) is 9.65. The average Bonchev–Trinajstić information content (AvgIpc) is 2.69. The Bertz CT molecular complexity index is 993. The second kappa shape index (κ2) is 8.50. The Morgan fingerprint density at radius 1 is 1.17 bits per heavy atom. The number of thiol groups is 1. The van der Waals surface area contributed by atoms with Crippen molar-refractivity contribution in [3.05, 3.63) is 64.2 Å². The second-order valence-corrected chi connectivity index (χ2v) is 7.39. The lowest BCUT2D eigenvalue weighted by atomic mass is 10.1. The lowest BCUT2D eigenvalue weighted by Gasteiger charge is -2.38. The van der Waals surface area contributed by atoms with Crippen LogP contribution in [0.1, 0.15) is 31.1 Å². The van der Waals surface area contributed by atoms with Gasteiger partial charge in [-0.15, -0.1) is 12.6 Å². The highest BCUT2D eigenvalue weighted by molar-refractivity contribution is 7.84. The number of anilines is 1. The van der Waals surface area contributed by atoms with Crippen molar-refractivity contribution in [1.29, 1.82) is 5.26 Å². The Hall–Kier alpha value is -3.11. The van der Waals surface area contributed by atoms with Crippen LogP contribution in [0.25, 0.3) is 0 Å². The Balaban J connectivity index is 2.11. The molecule has 1 amide bonds. The Morgan fingerprint density at radius 2 is 1.86 bits per heavy atom. The SMILES string of the molecule is COc1cc([C@@H]2NC(=O)C(C#N)=C(S)N2c2ccc(C)cc2)ccc1OC(C)C. The summed E-state index contributed by atoms with van der Waals surface area (Å²) in [6.45, 7) is 5.88. The number of hydrogen-bond donors (Lipinski definition) is 2. The van der Waals surface area contributed by atoms with E-state index in [0.717, 1.165) is 16.8 Å². The van der Waals surface area contributed by atoms with E-state index in [9.17, 15) is 10.1 Å². The van der Waals surface area contributed by atoms with Gasteiger partial charge in [-0.2, -0.15) is 5.26 Å². The first-order valence-electron chi connectivity index (χ1n) is 9.20. The molecule has 2 aromatic rings. The number of methoxy groups -OCH3 is 1. The molecule has 6 nitrogen and oxygen atoms in total. The minimum atomic E-state index is -0.559. The second-order valence-electron chi connectivity index (χ2n) is 6.97. The number of aryl methyl sites for hydroxylation is 1. The maximum Gasteiger partial charge on any atom is 0.266 e. The van der Waals surface area contributed by atoms with Crippen molar-refractivity contribution < 1.29 is 14.3 Å². The highest BCUT2D eigenvalue weighted by atomic mass is 32.1. The van der Waals surface area contributed by atoms with Crippen LogP contribution in [0.3, 0.4) is 0 Å². The molecule has 1 heterocycles. The molecule has 1 aliphatic heterocycles. The molecule has 0 fully saturated rings. The third-order valence-electron chi connectivity index (χ3n) is 4.49. The molecule has 0 aromatic heterocycles. The van der Waals surface area contributed by atoms with Crippen molar-refractivity contribution >= 4 is 24.2 Å². The Kier molecular flexibility index (Phi) is 6.04. The van der Waals surface area contributed by atoms with Crippen molar-refractivity contribution in [2.24, 2.45) is 0 Å². The van der Waals surface area contributed by atoms with Crippen molar-refractivity contribution in [2.75, 3.05) is 12.0 Å². The number of rotatable bonds is 5. The summed E-state index contributed by atoms with van der Waals surface area (Å²) in [6.07, 6.45) is -0.560. The maximum absolute atomic E-state index is 12.5. The molecule has 7 heteroatoms. The van der Waals surface area contributed by atoms with Gasteiger partial charge in [0.2, 0.25) is 0 Å². The summed E-state index contributed by atoms with van der Waals surface area (Å²) >= 11 is 4.52. The van der Waals surface area contributed by atoms with Crippen LogP contribution in [0.2, 0.25) is 0 Å². The molecule has 0 spiro atoms. The van der Waals surface area contributed by atoms with Gasteiger partial charge in [-0.1, -0.05) is 23.8 Å². The summed E-state index contributed by atoms with van der Waals surface area (Å²) in [7, 11) is 1.57. The van der Waals surface area contributed by atoms with E-state index in [-0.39, 0.29) is 11.7 Å². The number of benzene rings is 2. The van der Waals surface area contributed by atoms with E-state index in [1.54, 1.807) is 7.11 Å². The summed E-state index contributed by atoms with van der Waals surface area (Å²) < 4.78 is 11.3. The fourth-order valence-electron chi connectivity index (χ4n) is 3.12.